The summed E-state index contributed by atoms with van der Waals surface area (Å²) in [5.74, 6) is 1.03. The first kappa shape index (κ1) is 12.0. The summed E-state index contributed by atoms with van der Waals surface area (Å²) in [5, 5.41) is 0. The Kier molecular flexibility index (Phi) is 2.76. The van der Waals surface area contributed by atoms with Crippen molar-refractivity contribution in [3.8, 4) is 0 Å². The van der Waals surface area contributed by atoms with Crippen molar-refractivity contribution in [3.63, 3.8) is 0 Å². The molecule has 1 heterocycles. The molecule has 0 saturated heterocycles. The minimum atomic E-state index is 0.256. The summed E-state index contributed by atoms with van der Waals surface area (Å²) in [6, 6.07) is 3.09. The molecule has 0 aliphatic heterocycles. The molecule has 0 spiro atoms. The Morgan fingerprint density at radius 1 is 1.26 bits per heavy atom. The molecule has 102 valence electrons. The molecule has 0 N–H and O–H groups in total. The summed E-state index contributed by atoms with van der Waals surface area (Å²) in [6.07, 6.45) is 9.52. The van der Waals surface area contributed by atoms with E-state index in [0.29, 0.717) is 12.1 Å². The van der Waals surface area contributed by atoms with Crippen LogP contribution in [0, 0.1) is 5.92 Å². The van der Waals surface area contributed by atoms with Crippen LogP contribution >= 0.6 is 15.9 Å². The third kappa shape index (κ3) is 2.47. The van der Waals surface area contributed by atoms with E-state index in [4.69, 9.17) is 0 Å². The highest BCUT2D eigenvalue weighted by molar-refractivity contribution is 9.10. The zero-order valence-electron chi connectivity index (χ0n) is 11.0. The second-order valence-corrected chi connectivity index (χ2v) is 7.23. The monoisotopic (exact) mass is 322 g/mol. The number of aromatic nitrogens is 1. The third-order valence-electron chi connectivity index (χ3n) is 4.37. The fraction of sp³-hybridized carbons (Fsp3) is 0.667. The van der Waals surface area contributed by atoms with E-state index >= 15 is 0 Å². The van der Waals surface area contributed by atoms with Gasteiger partial charge < -0.3 is 9.47 Å². The number of carbonyl (C=O) groups excluding carboxylic acids is 1. The topological polar surface area (TPSA) is 25.2 Å². The molecule has 0 aromatic carbocycles. The molecule has 4 rings (SSSR count). The number of nitrogens with zero attached hydrogens (tertiary/aromatic N) is 2. The van der Waals surface area contributed by atoms with Gasteiger partial charge in [-0.15, -0.1) is 0 Å². The first-order chi connectivity index (χ1) is 9.22. The van der Waals surface area contributed by atoms with Crippen molar-refractivity contribution < 1.29 is 4.79 Å². The molecule has 3 aliphatic rings. The lowest BCUT2D eigenvalue weighted by atomic mass is 10.3. The van der Waals surface area contributed by atoms with E-state index in [1.165, 1.54) is 38.5 Å². The lowest BCUT2D eigenvalue weighted by Crippen LogP contribution is -2.36. The number of hydrogen-bond donors (Lipinski definition) is 0. The van der Waals surface area contributed by atoms with Crippen molar-refractivity contribution >= 4 is 21.8 Å². The van der Waals surface area contributed by atoms with Crippen molar-refractivity contribution in [2.24, 2.45) is 5.92 Å². The third-order valence-corrected chi connectivity index (χ3v) is 4.81. The molecular weight excluding hydrogens is 304 g/mol. The van der Waals surface area contributed by atoms with Gasteiger partial charge in [0.1, 0.15) is 5.69 Å². The molecule has 0 bridgehead atoms. The molecule has 1 amide bonds. The molecule has 3 nitrogen and oxygen atoms in total. The van der Waals surface area contributed by atoms with Gasteiger partial charge in [0.05, 0.1) is 0 Å². The minimum absolute atomic E-state index is 0.256. The molecule has 19 heavy (non-hydrogen) atoms. The van der Waals surface area contributed by atoms with Crippen LogP contribution in [0.1, 0.15) is 55.1 Å². The van der Waals surface area contributed by atoms with Gasteiger partial charge in [-0.2, -0.15) is 0 Å². The Hall–Kier alpha value is -0.770. The van der Waals surface area contributed by atoms with E-state index in [1.807, 2.05) is 6.07 Å². The molecule has 1 aromatic rings. The second-order valence-electron chi connectivity index (χ2n) is 6.31. The van der Waals surface area contributed by atoms with Crippen molar-refractivity contribution in [2.45, 2.75) is 50.6 Å². The maximum atomic E-state index is 12.8. The van der Waals surface area contributed by atoms with Crippen LogP contribution in [0.25, 0.3) is 0 Å². The molecule has 1 aromatic heterocycles. The summed E-state index contributed by atoms with van der Waals surface area (Å²) in [6.45, 7) is 0.983. The fourth-order valence-corrected chi connectivity index (χ4v) is 3.22. The van der Waals surface area contributed by atoms with Crippen LogP contribution in [0.3, 0.4) is 0 Å². The molecule has 3 aliphatic carbocycles. The number of rotatable bonds is 5. The quantitative estimate of drug-likeness (QED) is 0.813. The summed E-state index contributed by atoms with van der Waals surface area (Å²) in [7, 11) is 0. The van der Waals surface area contributed by atoms with Crippen LogP contribution < -0.4 is 0 Å². The highest BCUT2D eigenvalue weighted by atomic mass is 79.9. The average Bonchev–Trinajstić information content (AvgIpc) is 3.25. The number of hydrogen-bond acceptors (Lipinski definition) is 1. The standard InChI is InChI=1S/C15H19BrN2O/c16-11-7-14(17(9-11)12-3-4-12)15(19)18(13-5-6-13)8-10-1-2-10/h7,9-10,12-13H,1-6,8H2. The van der Waals surface area contributed by atoms with Crippen LogP contribution in [0.4, 0.5) is 0 Å². The Balaban J connectivity index is 1.60. The van der Waals surface area contributed by atoms with Gasteiger partial charge in [0.25, 0.3) is 5.91 Å². The number of amides is 1. The van der Waals surface area contributed by atoms with Crippen molar-refractivity contribution in [2.75, 3.05) is 6.54 Å². The largest absolute Gasteiger partial charge is 0.339 e. The van der Waals surface area contributed by atoms with Gasteiger partial charge in [-0.1, -0.05) is 0 Å². The molecule has 3 saturated carbocycles. The average molecular weight is 323 g/mol. The highest BCUT2D eigenvalue weighted by Crippen LogP contribution is 2.39. The summed E-state index contributed by atoms with van der Waals surface area (Å²) in [5.41, 5.74) is 0.891. The van der Waals surface area contributed by atoms with E-state index in [-0.39, 0.29) is 5.91 Å². The number of halogens is 1. The Morgan fingerprint density at radius 3 is 2.58 bits per heavy atom. The van der Waals surface area contributed by atoms with Crippen molar-refractivity contribution in [1.82, 2.24) is 9.47 Å². The highest BCUT2D eigenvalue weighted by Gasteiger charge is 2.38. The van der Waals surface area contributed by atoms with E-state index in [1.54, 1.807) is 0 Å². The zero-order chi connectivity index (χ0) is 13.0. The molecular formula is C15H19BrN2O. The normalized spacial score (nSPS) is 22.6. The molecule has 0 atom stereocenters. The number of carbonyl (C=O) groups is 1. The van der Waals surface area contributed by atoms with Gasteiger partial charge in [-0.3, -0.25) is 4.79 Å². The van der Waals surface area contributed by atoms with Gasteiger partial charge in [-0.25, -0.2) is 0 Å². The first-order valence-corrected chi connectivity index (χ1v) is 8.20. The zero-order valence-corrected chi connectivity index (χ0v) is 12.6. The van der Waals surface area contributed by atoms with Crippen LogP contribution in [0.15, 0.2) is 16.7 Å². The SMILES string of the molecule is O=C(c1cc(Br)cn1C1CC1)N(CC1CC1)C1CC1. The predicted molar refractivity (Wildman–Crippen MR) is 77.2 cm³/mol. The van der Waals surface area contributed by atoms with Crippen LogP contribution in [0.2, 0.25) is 0 Å². The lowest BCUT2D eigenvalue weighted by Gasteiger charge is -2.23. The minimum Gasteiger partial charge on any atom is -0.339 e. The summed E-state index contributed by atoms with van der Waals surface area (Å²) in [4.78, 5) is 15.0. The molecule has 3 fully saturated rings. The molecule has 0 radical (unpaired) electrons. The fourth-order valence-electron chi connectivity index (χ4n) is 2.78. The second kappa shape index (κ2) is 4.37. The summed E-state index contributed by atoms with van der Waals surface area (Å²) < 4.78 is 3.22. The van der Waals surface area contributed by atoms with Crippen molar-refractivity contribution in [3.05, 3.63) is 22.4 Å². The van der Waals surface area contributed by atoms with E-state index in [9.17, 15) is 4.79 Å². The Morgan fingerprint density at radius 2 is 2.00 bits per heavy atom. The Bertz CT molecular complexity index is 512. The van der Waals surface area contributed by atoms with Crippen molar-refractivity contribution in [1.29, 1.82) is 0 Å². The summed E-state index contributed by atoms with van der Waals surface area (Å²) >= 11 is 3.52. The first-order valence-electron chi connectivity index (χ1n) is 7.40. The maximum Gasteiger partial charge on any atom is 0.270 e. The van der Waals surface area contributed by atoms with Crippen LogP contribution in [-0.2, 0) is 0 Å². The molecule has 0 unspecified atom stereocenters. The molecule has 4 heteroatoms. The maximum absolute atomic E-state index is 12.8. The Labute approximate surface area is 122 Å². The lowest BCUT2D eigenvalue weighted by molar-refractivity contribution is 0.0723. The smallest absolute Gasteiger partial charge is 0.270 e. The van der Waals surface area contributed by atoms with E-state index in [2.05, 4.69) is 31.6 Å². The van der Waals surface area contributed by atoms with Gasteiger partial charge in [0, 0.05) is 29.3 Å². The van der Waals surface area contributed by atoms with Gasteiger partial charge in [0.15, 0.2) is 0 Å². The van der Waals surface area contributed by atoms with Gasteiger partial charge in [-0.05, 0) is 66.4 Å². The van der Waals surface area contributed by atoms with Crippen LogP contribution in [0.5, 0.6) is 0 Å². The van der Waals surface area contributed by atoms with E-state index in [0.717, 1.165) is 22.6 Å². The predicted octanol–water partition coefficient (Wildman–Crippen LogP) is 3.60. The van der Waals surface area contributed by atoms with Gasteiger partial charge >= 0.3 is 0 Å². The van der Waals surface area contributed by atoms with Crippen LogP contribution in [-0.4, -0.2) is 28.0 Å². The van der Waals surface area contributed by atoms with E-state index < -0.39 is 0 Å². The van der Waals surface area contributed by atoms with Gasteiger partial charge in [0.2, 0.25) is 0 Å².